The number of aromatic nitrogens is 2. The molecule has 2 heterocycles. The van der Waals surface area contributed by atoms with Crippen molar-refractivity contribution in [1.82, 2.24) is 9.55 Å². The lowest BCUT2D eigenvalue weighted by Crippen LogP contribution is -2.29. The van der Waals surface area contributed by atoms with Crippen molar-refractivity contribution in [2.24, 2.45) is 0 Å². The van der Waals surface area contributed by atoms with Crippen LogP contribution >= 0.6 is 0 Å². The van der Waals surface area contributed by atoms with Crippen molar-refractivity contribution < 1.29 is 18.3 Å². The molecule has 0 aliphatic carbocycles. The second kappa shape index (κ2) is 6.50. The molecule has 1 aliphatic rings. The summed E-state index contributed by atoms with van der Waals surface area (Å²) in [7, 11) is 0. The lowest BCUT2D eigenvalue weighted by atomic mass is 9.94. The fourth-order valence-corrected chi connectivity index (χ4v) is 3.45. The molecule has 0 radical (unpaired) electrons. The van der Waals surface area contributed by atoms with E-state index in [0.717, 1.165) is 11.6 Å². The van der Waals surface area contributed by atoms with E-state index in [1.54, 1.807) is 18.4 Å². The Kier molecular flexibility index (Phi) is 4.14. The fraction of sp³-hybridized carbons (Fsp3) is 0.200. The number of esters is 1. The van der Waals surface area contributed by atoms with Crippen LogP contribution in [0.1, 0.15) is 25.5 Å². The highest BCUT2D eigenvalue weighted by Gasteiger charge is 2.36. The van der Waals surface area contributed by atoms with Crippen molar-refractivity contribution in [2.75, 3.05) is 11.9 Å². The second-order valence-electron chi connectivity index (χ2n) is 6.25. The van der Waals surface area contributed by atoms with Gasteiger partial charge in [0.15, 0.2) is 0 Å². The molecule has 138 valence electrons. The number of nitrogens with one attached hydrogen (secondary N) is 1. The number of anilines is 1. The smallest absolute Gasteiger partial charge is 0.338 e. The van der Waals surface area contributed by atoms with Crippen LogP contribution in [0.2, 0.25) is 0 Å². The van der Waals surface area contributed by atoms with Crippen molar-refractivity contribution in [2.45, 2.75) is 19.9 Å². The van der Waals surface area contributed by atoms with Gasteiger partial charge in [-0.05, 0) is 32.0 Å². The Morgan fingerprint density at radius 1 is 1.26 bits per heavy atom. The van der Waals surface area contributed by atoms with Gasteiger partial charge in [0.2, 0.25) is 5.95 Å². The standard InChI is InChI=1S/C20H17F2N3O2/c1-3-27-19(26)17-11(2)23-20-24-15-6-4-5-7-16(15)25(20)18(17)13-9-8-12(21)10-14(13)22/h4-10,18H,3H2,1-2H3,(H,23,24). The Labute approximate surface area is 154 Å². The topological polar surface area (TPSA) is 56.1 Å². The zero-order valence-corrected chi connectivity index (χ0v) is 14.8. The van der Waals surface area contributed by atoms with Crippen LogP contribution in [0, 0.1) is 11.6 Å². The van der Waals surface area contributed by atoms with Gasteiger partial charge < -0.3 is 10.1 Å². The molecular formula is C20H17F2N3O2. The normalized spacial score (nSPS) is 16.2. The van der Waals surface area contributed by atoms with E-state index in [1.165, 1.54) is 12.1 Å². The number of nitrogens with zero attached hydrogens (tertiary/aromatic N) is 2. The largest absolute Gasteiger partial charge is 0.463 e. The molecule has 4 rings (SSSR count). The summed E-state index contributed by atoms with van der Waals surface area (Å²) in [6, 6.07) is 9.88. The van der Waals surface area contributed by atoms with E-state index in [4.69, 9.17) is 4.74 Å². The third kappa shape index (κ3) is 2.75. The number of imidazole rings is 1. The molecule has 1 aliphatic heterocycles. The van der Waals surface area contributed by atoms with Gasteiger partial charge in [-0.25, -0.2) is 18.6 Å². The maximum Gasteiger partial charge on any atom is 0.338 e. The summed E-state index contributed by atoms with van der Waals surface area (Å²) in [5.41, 5.74) is 2.38. The molecule has 0 spiro atoms. The average molecular weight is 369 g/mol. The maximum atomic E-state index is 14.7. The number of para-hydroxylation sites is 2. The summed E-state index contributed by atoms with van der Waals surface area (Å²) >= 11 is 0. The average Bonchev–Trinajstić information content (AvgIpc) is 2.99. The first-order chi connectivity index (χ1) is 13.0. The van der Waals surface area contributed by atoms with Crippen LogP contribution in [0.15, 0.2) is 53.7 Å². The van der Waals surface area contributed by atoms with Crippen LogP contribution < -0.4 is 5.32 Å². The number of carbonyl (C=O) groups is 1. The quantitative estimate of drug-likeness (QED) is 0.704. The Morgan fingerprint density at radius 3 is 2.78 bits per heavy atom. The minimum atomic E-state index is -0.826. The number of fused-ring (bicyclic) bond motifs is 3. The van der Waals surface area contributed by atoms with Gasteiger partial charge in [-0.15, -0.1) is 0 Å². The molecule has 0 saturated heterocycles. The number of halogens is 2. The van der Waals surface area contributed by atoms with Gasteiger partial charge in [0.05, 0.1) is 29.3 Å². The van der Waals surface area contributed by atoms with Crippen molar-refractivity contribution in [3.05, 3.63) is 70.9 Å². The predicted octanol–water partition coefficient (Wildman–Crippen LogP) is 4.17. The molecule has 1 unspecified atom stereocenters. The first kappa shape index (κ1) is 17.2. The van der Waals surface area contributed by atoms with Crippen molar-refractivity contribution in [3.8, 4) is 0 Å². The summed E-state index contributed by atoms with van der Waals surface area (Å²) in [4.78, 5) is 17.2. The van der Waals surface area contributed by atoms with Crippen LogP contribution in [0.5, 0.6) is 0 Å². The Bertz CT molecular complexity index is 1090. The zero-order valence-electron chi connectivity index (χ0n) is 14.8. The van der Waals surface area contributed by atoms with E-state index in [-0.39, 0.29) is 17.7 Å². The second-order valence-corrected chi connectivity index (χ2v) is 6.25. The number of benzene rings is 2. The summed E-state index contributed by atoms with van der Waals surface area (Å²) < 4.78 is 35.1. The van der Waals surface area contributed by atoms with Crippen LogP contribution in [0.3, 0.4) is 0 Å². The van der Waals surface area contributed by atoms with Crippen molar-refractivity contribution in [3.63, 3.8) is 0 Å². The number of hydrogen-bond acceptors (Lipinski definition) is 4. The number of allylic oxidation sites excluding steroid dienone is 1. The maximum absolute atomic E-state index is 14.7. The first-order valence-electron chi connectivity index (χ1n) is 8.58. The van der Waals surface area contributed by atoms with Crippen LogP contribution in [0.4, 0.5) is 14.7 Å². The monoisotopic (exact) mass is 369 g/mol. The molecular weight excluding hydrogens is 352 g/mol. The van der Waals surface area contributed by atoms with Gasteiger partial charge in [0, 0.05) is 17.3 Å². The van der Waals surface area contributed by atoms with Gasteiger partial charge in [0.25, 0.3) is 0 Å². The summed E-state index contributed by atoms with van der Waals surface area (Å²) in [6.07, 6.45) is 0. The highest BCUT2D eigenvalue weighted by Crippen LogP contribution is 2.40. The van der Waals surface area contributed by atoms with E-state index >= 15 is 0 Å². The lowest BCUT2D eigenvalue weighted by Gasteiger charge is -2.30. The predicted molar refractivity (Wildman–Crippen MR) is 97.2 cm³/mol. The Balaban J connectivity index is 2.01. The highest BCUT2D eigenvalue weighted by atomic mass is 19.1. The van der Waals surface area contributed by atoms with Gasteiger partial charge >= 0.3 is 5.97 Å². The molecule has 0 fully saturated rings. The third-order valence-corrected chi connectivity index (χ3v) is 4.58. The minimum absolute atomic E-state index is 0.171. The number of hydrogen-bond donors (Lipinski definition) is 1. The lowest BCUT2D eigenvalue weighted by molar-refractivity contribution is -0.139. The Hall–Kier alpha value is -3.22. The molecule has 0 amide bonds. The summed E-state index contributed by atoms with van der Waals surface area (Å²) in [6.45, 7) is 3.60. The van der Waals surface area contributed by atoms with Crippen molar-refractivity contribution in [1.29, 1.82) is 0 Å². The van der Waals surface area contributed by atoms with Gasteiger partial charge in [-0.3, -0.25) is 4.57 Å². The first-order valence-corrected chi connectivity index (χ1v) is 8.58. The molecule has 1 aromatic heterocycles. The number of ether oxygens (including phenoxy) is 1. The van der Waals surface area contributed by atoms with E-state index in [2.05, 4.69) is 10.3 Å². The molecule has 5 nitrogen and oxygen atoms in total. The molecule has 1 atom stereocenters. The molecule has 3 aromatic rings. The molecule has 0 saturated carbocycles. The minimum Gasteiger partial charge on any atom is -0.463 e. The van der Waals surface area contributed by atoms with Gasteiger partial charge in [-0.2, -0.15) is 0 Å². The number of carbonyl (C=O) groups excluding carboxylic acids is 1. The molecule has 2 aromatic carbocycles. The Morgan fingerprint density at radius 2 is 2.04 bits per heavy atom. The van der Waals surface area contributed by atoms with E-state index < -0.39 is 23.6 Å². The molecule has 0 bridgehead atoms. The van der Waals surface area contributed by atoms with Crippen LogP contribution in [0.25, 0.3) is 11.0 Å². The third-order valence-electron chi connectivity index (χ3n) is 4.58. The van der Waals surface area contributed by atoms with E-state index in [1.807, 2.05) is 24.3 Å². The van der Waals surface area contributed by atoms with Crippen LogP contribution in [-0.2, 0) is 9.53 Å². The molecule has 7 heteroatoms. The SMILES string of the molecule is CCOC(=O)C1=C(C)Nc2nc3ccccc3n2C1c1ccc(F)cc1F. The summed E-state index contributed by atoms with van der Waals surface area (Å²) in [5.74, 6) is -1.49. The highest BCUT2D eigenvalue weighted by molar-refractivity contribution is 5.94. The summed E-state index contributed by atoms with van der Waals surface area (Å²) in [5, 5.41) is 3.10. The van der Waals surface area contributed by atoms with Crippen LogP contribution in [-0.4, -0.2) is 22.1 Å². The fourth-order valence-electron chi connectivity index (χ4n) is 3.45. The zero-order chi connectivity index (χ0) is 19.1. The van der Waals surface area contributed by atoms with Gasteiger partial charge in [0.1, 0.15) is 11.6 Å². The molecule has 1 N–H and O–H groups in total. The van der Waals surface area contributed by atoms with Crippen molar-refractivity contribution >= 4 is 23.0 Å². The van der Waals surface area contributed by atoms with E-state index in [0.29, 0.717) is 17.2 Å². The number of rotatable bonds is 3. The molecule has 27 heavy (non-hydrogen) atoms. The van der Waals surface area contributed by atoms with E-state index in [9.17, 15) is 13.6 Å². The van der Waals surface area contributed by atoms with Gasteiger partial charge in [-0.1, -0.05) is 18.2 Å².